The largest absolute Gasteiger partial charge is 0.330 e. The number of unbranched alkanes of at least 4 members (excludes halogenated alkanes) is 7. The van der Waals surface area contributed by atoms with Crippen molar-refractivity contribution in [2.24, 2.45) is 17.6 Å². The Morgan fingerprint density at radius 1 is 0.778 bits per heavy atom. The molecule has 2 atom stereocenters. The Balaban J connectivity index is 1.93. The van der Waals surface area contributed by atoms with Crippen LogP contribution < -0.4 is 5.73 Å². The lowest BCUT2D eigenvalue weighted by atomic mass is 9.76. The maximum atomic E-state index is 5.89. The molecule has 2 unspecified atom stereocenters. The standard InChI is InChI=1S/C17H35N/c1-2-3-4-5-6-7-8-9-12-16-13-10-11-14-17(16)15-18/h16-17H,2-15,18H2,1H3. The average Bonchev–Trinajstić information content (AvgIpc) is 2.42. The van der Waals surface area contributed by atoms with E-state index in [4.69, 9.17) is 5.73 Å². The summed E-state index contributed by atoms with van der Waals surface area (Å²) in [4.78, 5) is 0. The summed E-state index contributed by atoms with van der Waals surface area (Å²) in [6, 6.07) is 0. The Hall–Kier alpha value is -0.0400. The minimum atomic E-state index is 0.850. The molecule has 2 N–H and O–H groups in total. The van der Waals surface area contributed by atoms with E-state index in [2.05, 4.69) is 6.92 Å². The van der Waals surface area contributed by atoms with Crippen LogP contribution in [-0.2, 0) is 0 Å². The molecular weight excluding hydrogens is 218 g/mol. The highest BCUT2D eigenvalue weighted by atomic mass is 14.6. The summed E-state index contributed by atoms with van der Waals surface area (Å²) < 4.78 is 0. The van der Waals surface area contributed by atoms with Gasteiger partial charge in [0.2, 0.25) is 0 Å². The Labute approximate surface area is 115 Å². The van der Waals surface area contributed by atoms with Crippen molar-refractivity contribution in [2.45, 2.75) is 90.4 Å². The molecule has 0 aromatic heterocycles. The van der Waals surface area contributed by atoms with Crippen LogP contribution in [0.3, 0.4) is 0 Å². The van der Waals surface area contributed by atoms with Gasteiger partial charge in [-0.3, -0.25) is 0 Å². The molecule has 18 heavy (non-hydrogen) atoms. The van der Waals surface area contributed by atoms with Crippen LogP contribution in [-0.4, -0.2) is 6.54 Å². The molecule has 1 aliphatic carbocycles. The molecule has 1 saturated carbocycles. The fourth-order valence-corrected chi connectivity index (χ4v) is 3.52. The van der Waals surface area contributed by atoms with E-state index in [0.29, 0.717) is 0 Å². The fourth-order valence-electron chi connectivity index (χ4n) is 3.52. The molecule has 0 heterocycles. The van der Waals surface area contributed by atoms with E-state index in [-0.39, 0.29) is 0 Å². The third-order valence-electron chi connectivity index (χ3n) is 4.80. The number of rotatable bonds is 10. The summed E-state index contributed by atoms with van der Waals surface area (Å²) in [7, 11) is 0. The fraction of sp³-hybridized carbons (Fsp3) is 1.00. The summed E-state index contributed by atoms with van der Waals surface area (Å²) in [6.07, 6.45) is 18.7. The predicted molar refractivity (Wildman–Crippen MR) is 81.7 cm³/mol. The molecule has 0 spiro atoms. The van der Waals surface area contributed by atoms with E-state index >= 15 is 0 Å². The molecule has 1 rings (SSSR count). The third kappa shape index (κ3) is 6.78. The van der Waals surface area contributed by atoms with Crippen LogP contribution in [0, 0.1) is 11.8 Å². The Morgan fingerprint density at radius 2 is 1.33 bits per heavy atom. The zero-order chi connectivity index (χ0) is 13.1. The summed E-state index contributed by atoms with van der Waals surface area (Å²) in [5.74, 6) is 1.81. The van der Waals surface area contributed by atoms with Gasteiger partial charge in [0.25, 0.3) is 0 Å². The second kappa shape index (κ2) is 10.8. The third-order valence-corrected chi connectivity index (χ3v) is 4.80. The van der Waals surface area contributed by atoms with Crippen molar-refractivity contribution in [3.05, 3.63) is 0 Å². The first-order valence-corrected chi connectivity index (χ1v) is 8.58. The molecule has 0 aliphatic heterocycles. The van der Waals surface area contributed by atoms with Gasteiger partial charge in [-0.05, 0) is 24.8 Å². The van der Waals surface area contributed by atoms with Crippen LogP contribution in [0.5, 0.6) is 0 Å². The lowest BCUT2D eigenvalue weighted by Gasteiger charge is -2.30. The van der Waals surface area contributed by atoms with Crippen LogP contribution in [0.4, 0.5) is 0 Å². The molecule has 0 bridgehead atoms. The van der Waals surface area contributed by atoms with E-state index in [1.807, 2.05) is 0 Å². The van der Waals surface area contributed by atoms with E-state index in [1.54, 1.807) is 0 Å². The molecule has 0 aromatic rings. The van der Waals surface area contributed by atoms with Gasteiger partial charge in [0, 0.05) is 0 Å². The quantitative estimate of drug-likeness (QED) is 0.526. The Bertz CT molecular complexity index is 178. The first kappa shape index (κ1) is 16.0. The molecule has 1 heteroatoms. The molecular formula is C17H35N. The van der Waals surface area contributed by atoms with Crippen molar-refractivity contribution in [3.63, 3.8) is 0 Å². The highest BCUT2D eigenvalue weighted by Gasteiger charge is 2.22. The predicted octanol–water partition coefficient (Wildman–Crippen LogP) is 5.28. The summed E-state index contributed by atoms with van der Waals surface area (Å²) in [5.41, 5.74) is 5.89. The monoisotopic (exact) mass is 253 g/mol. The average molecular weight is 253 g/mol. The molecule has 0 aromatic carbocycles. The number of hydrogen-bond acceptors (Lipinski definition) is 1. The van der Waals surface area contributed by atoms with Crippen LogP contribution in [0.25, 0.3) is 0 Å². The SMILES string of the molecule is CCCCCCCCCCC1CCCCC1CN. The lowest BCUT2D eigenvalue weighted by Crippen LogP contribution is -2.26. The van der Waals surface area contributed by atoms with Crippen LogP contribution in [0.2, 0.25) is 0 Å². The lowest BCUT2D eigenvalue weighted by molar-refractivity contribution is 0.224. The summed E-state index contributed by atoms with van der Waals surface area (Å²) in [6.45, 7) is 3.22. The summed E-state index contributed by atoms with van der Waals surface area (Å²) >= 11 is 0. The maximum absolute atomic E-state index is 5.89. The van der Waals surface area contributed by atoms with Gasteiger partial charge in [0.1, 0.15) is 0 Å². The van der Waals surface area contributed by atoms with Crippen LogP contribution >= 0.6 is 0 Å². The topological polar surface area (TPSA) is 26.0 Å². The van der Waals surface area contributed by atoms with Gasteiger partial charge in [-0.15, -0.1) is 0 Å². The van der Waals surface area contributed by atoms with Crippen molar-refractivity contribution in [3.8, 4) is 0 Å². The highest BCUT2D eigenvalue weighted by Crippen LogP contribution is 2.33. The zero-order valence-electron chi connectivity index (χ0n) is 12.6. The minimum absolute atomic E-state index is 0.850. The number of hydrogen-bond donors (Lipinski definition) is 1. The van der Waals surface area contributed by atoms with Gasteiger partial charge >= 0.3 is 0 Å². The second-order valence-electron chi connectivity index (χ2n) is 6.30. The first-order chi connectivity index (χ1) is 8.88. The molecule has 108 valence electrons. The van der Waals surface area contributed by atoms with Crippen molar-refractivity contribution in [1.29, 1.82) is 0 Å². The molecule has 1 nitrogen and oxygen atoms in total. The zero-order valence-corrected chi connectivity index (χ0v) is 12.6. The van der Waals surface area contributed by atoms with Gasteiger partial charge in [-0.1, -0.05) is 84.0 Å². The van der Waals surface area contributed by atoms with Crippen LogP contribution in [0.1, 0.15) is 90.4 Å². The summed E-state index contributed by atoms with van der Waals surface area (Å²) in [5, 5.41) is 0. The smallest absolute Gasteiger partial charge is 0.00462 e. The van der Waals surface area contributed by atoms with Crippen molar-refractivity contribution >= 4 is 0 Å². The van der Waals surface area contributed by atoms with Crippen molar-refractivity contribution in [2.75, 3.05) is 6.54 Å². The number of nitrogens with two attached hydrogens (primary N) is 1. The van der Waals surface area contributed by atoms with Gasteiger partial charge in [0.05, 0.1) is 0 Å². The van der Waals surface area contributed by atoms with Gasteiger partial charge in [-0.2, -0.15) is 0 Å². The van der Waals surface area contributed by atoms with E-state index in [0.717, 1.165) is 18.4 Å². The Kier molecular flexibility index (Phi) is 9.65. The molecule has 1 fully saturated rings. The van der Waals surface area contributed by atoms with Crippen LogP contribution in [0.15, 0.2) is 0 Å². The normalized spacial score (nSPS) is 24.3. The second-order valence-corrected chi connectivity index (χ2v) is 6.30. The van der Waals surface area contributed by atoms with Gasteiger partial charge in [0.15, 0.2) is 0 Å². The highest BCUT2D eigenvalue weighted by molar-refractivity contribution is 4.75. The first-order valence-electron chi connectivity index (χ1n) is 8.58. The minimum Gasteiger partial charge on any atom is -0.330 e. The van der Waals surface area contributed by atoms with Gasteiger partial charge < -0.3 is 5.73 Å². The molecule has 1 aliphatic rings. The Morgan fingerprint density at radius 3 is 1.94 bits per heavy atom. The van der Waals surface area contributed by atoms with E-state index < -0.39 is 0 Å². The molecule has 0 radical (unpaired) electrons. The maximum Gasteiger partial charge on any atom is -0.00462 e. The van der Waals surface area contributed by atoms with E-state index in [9.17, 15) is 0 Å². The van der Waals surface area contributed by atoms with Crippen molar-refractivity contribution < 1.29 is 0 Å². The van der Waals surface area contributed by atoms with Gasteiger partial charge in [-0.25, -0.2) is 0 Å². The van der Waals surface area contributed by atoms with Crippen molar-refractivity contribution in [1.82, 2.24) is 0 Å². The molecule has 0 amide bonds. The molecule has 0 saturated heterocycles. The van der Waals surface area contributed by atoms with E-state index in [1.165, 1.54) is 83.5 Å².